The fourth-order valence-corrected chi connectivity index (χ4v) is 22.5. The van der Waals surface area contributed by atoms with Crippen molar-refractivity contribution < 1.29 is 35.9 Å². The normalized spacial score (nSPS) is 13.6. The zero-order valence-corrected chi connectivity index (χ0v) is 46.9. The molecule has 0 unspecified atom stereocenters. The molecule has 5 heteroatoms. The van der Waals surface area contributed by atoms with E-state index < -0.39 is 20.5 Å². The van der Waals surface area contributed by atoms with Gasteiger partial charge in [0.2, 0.25) is 0 Å². The molecule has 0 radical (unpaired) electrons. The van der Waals surface area contributed by atoms with Crippen molar-refractivity contribution in [3.05, 3.63) is 180 Å². The number of hydrogen-bond acceptors (Lipinski definition) is 2. The van der Waals surface area contributed by atoms with E-state index in [0.29, 0.717) is 0 Å². The fraction of sp³-hybridized carbons (Fsp3) is 0.281. The fourth-order valence-electron chi connectivity index (χ4n) is 10.6. The minimum atomic E-state index is -3.96. The molecule has 1 aliphatic rings. The number of aromatic nitrogens is 2. The van der Waals surface area contributed by atoms with Crippen molar-refractivity contribution in [3.8, 4) is 89.9 Å². The zero-order valence-electron chi connectivity index (χ0n) is 43.3. The Kier molecular flexibility index (Phi) is 12.0. The molecule has 2 N–H and O–H groups in total. The van der Waals surface area contributed by atoms with Crippen LogP contribution in [0.2, 0.25) is 9.36 Å². The molecule has 0 fully saturated rings. The van der Waals surface area contributed by atoms with E-state index in [-0.39, 0.29) is 33.2 Å². The molecule has 0 amide bonds. The molecule has 0 aliphatic carbocycles. The van der Waals surface area contributed by atoms with Crippen molar-refractivity contribution in [2.24, 2.45) is 0 Å². The Bertz CT molecular complexity index is 3060. The summed E-state index contributed by atoms with van der Waals surface area (Å²) in [6, 6.07) is 56.6. The van der Waals surface area contributed by atoms with Crippen LogP contribution in [0.5, 0.6) is 11.5 Å². The number of phenolic OH excluding ortho intramolecular Hbond substituents is 2. The third-order valence-corrected chi connectivity index (χ3v) is 25.6. The van der Waals surface area contributed by atoms with Crippen LogP contribution in [0.25, 0.3) is 78.4 Å². The van der Waals surface area contributed by atoms with Gasteiger partial charge in [0.15, 0.2) is 0 Å². The summed E-state index contributed by atoms with van der Waals surface area (Å²) in [7, 11) is 0. The van der Waals surface area contributed by atoms with Crippen molar-refractivity contribution >= 4 is 0 Å². The molecule has 69 heavy (non-hydrogen) atoms. The number of hydrogen-bond donors (Lipinski definition) is 2. The van der Waals surface area contributed by atoms with Gasteiger partial charge >= 0.3 is 420 Å². The Morgan fingerprint density at radius 3 is 1.01 bits per heavy atom. The van der Waals surface area contributed by atoms with Crippen molar-refractivity contribution in [1.82, 2.24) is 0 Å². The quantitative estimate of drug-likeness (QED) is 0.163. The van der Waals surface area contributed by atoms with E-state index in [1.165, 1.54) is 55.6 Å². The van der Waals surface area contributed by atoms with E-state index in [1.807, 2.05) is 12.1 Å². The predicted octanol–water partition coefficient (Wildman–Crippen LogP) is 16.3. The second-order valence-corrected chi connectivity index (χ2v) is 37.8. The first-order valence-electron chi connectivity index (χ1n) is 24.6. The molecular formula is C64H70HfN2O2+2. The zero-order chi connectivity index (χ0) is 49.6. The van der Waals surface area contributed by atoms with Gasteiger partial charge in [-0.05, 0) is 0 Å². The number of fused-ring (bicyclic) bond motifs is 3. The number of phenols is 2. The standard InChI is InChI=1S/C62H64N2O2.2CH3.Hf/c1-59(2,3)43-35-45(39-21-15-13-16-22-39)57(49(37-43)61(7,8)9)41-29-31-55(65)47(33-41)51-25-19-27-53(63-51)54-28-20-26-52(64-54)48-34-42(30-32-56(48)66)58-46(40-23-17-14-18-24-40)36-44(60(4,5)6)38-50(58)62(10,11)12;;;/h13-38,65-66H,1-12H3;2*1H3;/q;;;+2. The van der Waals surface area contributed by atoms with Crippen LogP contribution >= 0.6 is 0 Å². The van der Waals surface area contributed by atoms with Gasteiger partial charge < -0.3 is 0 Å². The van der Waals surface area contributed by atoms with Crippen molar-refractivity contribution in [2.75, 3.05) is 0 Å². The maximum atomic E-state index is 12.0. The Balaban J connectivity index is 1.23. The first-order chi connectivity index (χ1) is 32.4. The Labute approximate surface area is 417 Å². The second kappa shape index (κ2) is 17.2. The summed E-state index contributed by atoms with van der Waals surface area (Å²) < 4.78 is 10.1. The molecular weight excluding hydrogens is 1010 g/mol. The Morgan fingerprint density at radius 1 is 0.333 bits per heavy atom. The Morgan fingerprint density at radius 2 is 0.681 bits per heavy atom. The molecule has 2 aromatic heterocycles. The molecule has 0 atom stereocenters. The molecule has 3 heterocycles. The van der Waals surface area contributed by atoms with Crippen molar-refractivity contribution in [2.45, 2.75) is 114 Å². The summed E-state index contributed by atoms with van der Waals surface area (Å²) >= 11 is -3.96. The third-order valence-electron chi connectivity index (χ3n) is 14.3. The molecule has 0 saturated carbocycles. The van der Waals surface area contributed by atoms with E-state index in [2.05, 4.69) is 243 Å². The van der Waals surface area contributed by atoms with Crippen LogP contribution in [0.4, 0.5) is 0 Å². The molecule has 0 spiro atoms. The molecule has 0 saturated heterocycles. The summed E-state index contributed by atoms with van der Waals surface area (Å²) in [5.41, 5.74) is 19.9. The number of benzene rings is 6. The average molecular weight is 1080 g/mol. The second-order valence-electron chi connectivity index (χ2n) is 23.8. The minimum absolute atomic E-state index is 0.0514. The van der Waals surface area contributed by atoms with Gasteiger partial charge in [0.1, 0.15) is 0 Å². The molecule has 0 bridgehead atoms. The summed E-state index contributed by atoms with van der Waals surface area (Å²) in [6.07, 6.45) is 0. The molecule has 9 rings (SSSR count). The third kappa shape index (κ3) is 8.75. The Hall–Kier alpha value is -5.91. The van der Waals surface area contributed by atoms with Crippen LogP contribution in [0.1, 0.15) is 105 Å². The molecule has 1 aliphatic heterocycles. The number of pyridine rings is 2. The number of aromatic hydroxyl groups is 2. The van der Waals surface area contributed by atoms with Crippen molar-refractivity contribution in [3.63, 3.8) is 0 Å². The van der Waals surface area contributed by atoms with Crippen LogP contribution in [0.3, 0.4) is 0 Å². The van der Waals surface area contributed by atoms with E-state index in [0.717, 1.165) is 45.0 Å². The van der Waals surface area contributed by atoms with Gasteiger partial charge in [-0.25, -0.2) is 0 Å². The molecule has 4 nitrogen and oxygen atoms in total. The van der Waals surface area contributed by atoms with E-state index >= 15 is 0 Å². The number of rotatable bonds is 6. The van der Waals surface area contributed by atoms with E-state index in [1.54, 1.807) is 0 Å². The van der Waals surface area contributed by atoms with Crippen LogP contribution in [0, 0.1) is 0 Å². The van der Waals surface area contributed by atoms with E-state index in [9.17, 15) is 10.2 Å². The van der Waals surface area contributed by atoms with Gasteiger partial charge in [-0.2, -0.15) is 0 Å². The molecule has 8 aromatic rings. The summed E-state index contributed by atoms with van der Waals surface area (Å²) in [5, 5.41) is 24.1. The van der Waals surface area contributed by atoms with Crippen LogP contribution in [-0.4, -0.2) is 10.2 Å². The first-order valence-corrected chi connectivity index (χ1v) is 35.0. The van der Waals surface area contributed by atoms with Crippen LogP contribution < -0.4 is 5.11 Å². The summed E-state index contributed by atoms with van der Waals surface area (Å²) in [6.45, 7) is 27.6. The van der Waals surface area contributed by atoms with Crippen LogP contribution in [0.15, 0.2) is 158 Å². The maximum absolute atomic E-state index is 12.0. The topological polar surface area (TPSA) is 48.2 Å². The van der Waals surface area contributed by atoms with Gasteiger partial charge in [-0.3, -0.25) is 0 Å². The van der Waals surface area contributed by atoms with Gasteiger partial charge in [-0.15, -0.1) is 0 Å². The van der Waals surface area contributed by atoms with Crippen molar-refractivity contribution in [1.29, 1.82) is 0 Å². The molecule has 6 aromatic carbocycles. The van der Waals surface area contributed by atoms with E-state index in [4.69, 9.17) is 0 Å². The predicted molar refractivity (Wildman–Crippen MR) is 286 cm³/mol. The number of nitrogens with zero attached hydrogens (tertiary/aromatic N) is 2. The summed E-state index contributed by atoms with van der Waals surface area (Å²) in [4.78, 5) is 0. The molecule has 350 valence electrons. The monoisotopic (exact) mass is 1080 g/mol. The van der Waals surface area contributed by atoms with Gasteiger partial charge in [0, 0.05) is 0 Å². The van der Waals surface area contributed by atoms with Gasteiger partial charge in [0.25, 0.3) is 0 Å². The SMILES string of the molecule is CC(C)(C)c1cc(-c2ccccc2)c(-c2ccc(O)c(-c3cccc4[n+]3[Hf]([CH3])([CH3])[n+]3c(-c5cc(-c6c(-c7ccccc7)cc(C(C)(C)C)cc6C(C)(C)C)ccc5O)cccc3-4)c2)c(C(C)(C)C)c1. The van der Waals surface area contributed by atoms with Gasteiger partial charge in [0.05, 0.1) is 0 Å². The van der Waals surface area contributed by atoms with Crippen LogP contribution in [-0.2, 0) is 42.2 Å². The first kappa shape index (κ1) is 48.1. The summed E-state index contributed by atoms with van der Waals surface area (Å²) in [5.74, 6) is 0.503. The average Bonchev–Trinajstić information content (AvgIpc) is 3.54. The van der Waals surface area contributed by atoms with Gasteiger partial charge in [-0.1, -0.05) is 0 Å².